The number of carbonyl (C=O) groups excluding carboxylic acids is 1. The van der Waals surface area contributed by atoms with Gasteiger partial charge in [-0.1, -0.05) is 6.92 Å². The lowest BCUT2D eigenvalue weighted by Gasteiger charge is -2.06. The number of rotatable bonds is 6. The number of amides is 1. The monoisotopic (exact) mass is 239 g/mol. The van der Waals surface area contributed by atoms with Gasteiger partial charge in [-0.05, 0) is 28.5 Å². The van der Waals surface area contributed by atoms with Crippen LogP contribution in [-0.4, -0.2) is 29.0 Å². The van der Waals surface area contributed by atoms with Crippen molar-refractivity contribution in [2.45, 2.75) is 13.3 Å². The van der Waals surface area contributed by atoms with Gasteiger partial charge >= 0.3 is 5.82 Å². The van der Waals surface area contributed by atoms with Crippen molar-refractivity contribution in [3.05, 3.63) is 28.4 Å². The van der Waals surface area contributed by atoms with Gasteiger partial charge in [-0.3, -0.25) is 4.79 Å². The minimum Gasteiger partial charge on any atom is -0.476 e. The molecule has 1 aromatic rings. The van der Waals surface area contributed by atoms with Gasteiger partial charge in [0.1, 0.15) is 6.20 Å². The smallest absolute Gasteiger partial charge is 0.406 e. The van der Waals surface area contributed by atoms with Gasteiger partial charge in [-0.15, -0.1) is 0 Å². The zero-order valence-corrected chi connectivity index (χ0v) is 9.38. The summed E-state index contributed by atoms with van der Waals surface area (Å²) in [6.45, 7) is 2.22. The Balaban J connectivity index is 2.57. The lowest BCUT2D eigenvalue weighted by Crippen LogP contribution is -2.29. The van der Waals surface area contributed by atoms with Gasteiger partial charge in [0.25, 0.3) is 5.91 Å². The molecule has 1 amide bonds. The molecule has 0 aliphatic carbocycles. The Labute approximate surface area is 98.0 Å². The van der Waals surface area contributed by atoms with Crippen LogP contribution in [0.4, 0.5) is 5.82 Å². The maximum Gasteiger partial charge on any atom is 0.406 e. The van der Waals surface area contributed by atoms with Crippen LogP contribution in [0.3, 0.4) is 0 Å². The van der Waals surface area contributed by atoms with Gasteiger partial charge < -0.3 is 20.2 Å². The summed E-state index contributed by atoms with van der Waals surface area (Å²) in [7, 11) is 0. The van der Waals surface area contributed by atoms with Crippen LogP contribution in [0.25, 0.3) is 0 Å². The standard InChI is InChI=1S/C10H13N3O4/c1-2-5-11-9(14)7-17-8-4-3-6-12-10(8)13(15)16/h3-4,6H,2,5,7H2,1H3,(H,11,14). The minimum absolute atomic E-state index is 0.0100. The van der Waals surface area contributed by atoms with Crippen molar-refractivity contribution in [1.29, 1.82) is 0 Å². The Morgan fingerprint density at radius 2 is 2.41 bits per heavy atom. The zero-order chi connectivity index (χ0) is 12.7. The molecule has 0 aliphatic heterocycles. The van der Waals surface area contributed by atoms with Crippen molar-refractivity contribution in [2.75, 3.05) is 13.2 Å². The fraction of sp³-hybridized carbons (Fsp3) is 0.400. The van der Waals surface area contributed by atoms with Gasteiger partial charge in [0.05, 0.1) is 0 Å². The fourth-order valence-corrected chi connectivity index (χ4v) is 1.09. The molecule has 0 atom stereocenters. The van der Waals surface area contributed by atoms with E-state index in [1.165, 1.54) is 18.3 Å². The number of hydrogen-bond acceptors (Lipinski definition) is 5. The van der Waals surface area contributed by atoms with Crippen LogP contribution < -0.4 is 10.1 Å². The summed E-state index contributed by atoms with van der Waals surface area (Å²) in [5.41, 5.74) is 0. The molecule has 92 valence electrons. The summed E-state index contributed by atoms with van der Waals surface area (Å²) in [5.74, 6) is -0.718. The van der Waals surface area contributed by atoms with E-state index in [1.54, 1.807) is 0 Å². The molecule has 0 radical (unpaired) electrons. The number of hydrogen-bond donors (Lipinski definition) is 1. The van der Waals surface area contributed by atoms with Gasteiger partial charge in [-0.25, -0.2) is 0 Å². The molecular weight excluding hydrogens is 226 g/mol. The zero-order valence-electron chi connectivity index (χ0n) is 9.38. The summed E-state index contributed by atoms with van der Waals surface area (Å²) in [5, 5.41) is 13.2. The van der Waals surface area contributed by atoms with Crippen molar-refractivity contribution in [3.8, 4) is 5.75 Å². The van der Waals surface area contributed by atoms with Crippen molar-refractivity contribution < 1.29 is 14.5 Å². The maximum atomic E-state index is 11.2. The molecule has 0 aliphatic rings. The van der Waals surface area contributed by atoms with Crippen molar-refractivity contribution in [2.24, 2.45) is 0 Å². The second-order valence-electron chi connectivity index (χ2n) is 3.22. The second kappa shape index (κ2) is 6.41. The minimum atomic E-state index is -0.653. The highest BCUT2D eigenvalue weighted by Gasteiger charge is 2.16. The van der Waals surface area contributed by atoms with E-state index < -0.39 is 10.7 Å². The van der Waals surface area contributed by atoms with Crippen molar-refractivity contribution >= 4 is 11.7 Å². The third-order valence-corrected chi connectivity index (χ3v) is 1.85. The van der Waals surface area contributed by atoms with Crippen molar-refractivity contribution in [1.82, 2.24) is 10.3 Å². The summed E-state index contributed by atoms with van der Waals surface area (Å²) < 4.78 is 5.04. The average Bonchev–Trinajstić information content (AvgIpc) is 2.34. The molecule has 17 heavy (non-hydrogen) atoms. The van der Waals surface area contributed by atoms with Gasteiger partial charge in [0, 0.05) is 6.54 Å². The third kappa shape index (κ3) is 4.06. The Kier molecular flexibility index (Phi) is 4.86. The van der Waals surface area contributed by atoms with Crippen LogP contribution in [0, 0.1) is 10.1 Å². The van der Waals surface area contributed by atoms with Gasteiger partial charge in [0.15, 0.2) is 6.61 Å². The van der Waals surface area contributed by atoms with Gasteiger partial charge in [-0.2, -0.15) is 0 Å². The summed E-state index contributed by atoms with van der Waals surface area (Å²) in [4.78, 5) is 24.7. The molecule has 0 spiro atoms. The normalized spacial score (nSPS) is 9.71. The predicted octanol–water partition coefficient (Wildman–Crippen LogP) is 0.895. The average molecular weight is 239 g/mol. The van der Waals surface area contributed by atoms with E-state index in [-0.39, 0.29) is 18.3 Å². The van der Waals surface area contributed by atoms with E-state index in [0.717, 1.165) is 6.42 Å². The molecule has 7 heteroatoms. The van der Waals surface area contributed by atoms with Gasteiger partial charge in [0.2, 0.25) is 5.75 Å². The number of aromatic nitrogens is 1. The Morgan fingerprint density at radius 1 is 1.65 bits per heavy atom. The van der Waals surface area contributed by atoms with E-state index in [0.29, 0.717) is 6.54 Å². The predicted molar refractivity (Wildman–Crippen MR) is 59.7 cm³/mol. The van der Waals surface area contributed by atoms with Crippen molar-refractivity contribution in [3.63, 3.8) is 0 Å². The first-order valence-electron chi connectivity index (χ1n) is 5.14. The molecule has 7 nitrogen and oxygen atoms in total. The summed E-state index contributed by atoms with van der Waals surface area (Å²) >= 11 is 0. The van der Waals surface area contributed by atoms with Crippen LogP contribution in [0.5, 0.6) is 5.75 Å². The van der Waals surface area contributed by atoms with E-state index in [1.807, 2.05) is 6.92 Å². The molecular formula is C10H13N3O4. The van der Waals surface area contributed by atoms with E-state index in [4.69, 9.17) is 4.74 Å². The number of carbonyl (C=O) groups is 1. The topological polar surface area (TPSA) is 94.4 Å². The molecule has 1 aromatic heterocycles. The number of nitrogens with one attached hydrogen (secondary N) is 1. The Bertz CT molecular complexity index is 408. The molecule has 0 saturated carbocycles. The fourth-order valence-electron chi connectivity index (χ4n) is 1.09. The number of pyridine rings is 1. The SMILES string of the molecule is CCCNC(=O)COc1cccnc1[N+](=O)[O-]. The molecule has 0 aromatic carbocycles. The Morgan fingerprint density at radius 3 is 3.06 bits per heavy atom. The van der Waals surface area contributed by atoms with Crippen LogP contribution >= 0.6 is 0 Å². The van der Waals surface area contributed by atoms with Crippen LogP contribution in [-0.2, 0) is 4.79 Å². The lowest BCUT2D eigenvalue weighted by atomic mass is 10.4. The highest BCUT2D eigenvalue weighted by atomic mass is 16.6. The van der Waals surface area contributed by atoms with E-state index in [9.17, 15) is 14.9 Å². The van der Waals surface area contributed by atoms with Crippen LogP contribution in [0.2, 0.25) is 0 Å². The summed E-state index contributed by atoms with van der Waals surface area (Å²) in [6.07, 6.45) is 2.11. The number of ether oxygens (including phenoxy) is 1. The molecule has 0 unspecified atom stereocenters. The third-order valence-electron chi connectivity index (χ3n) is 1.85. The molecule has 0 saturated heterocycles. The highest BCUT2D eigenvalue weighted by molar-refractivity contribution is 5.77. The highest BCUT2D eigenvalue weighted by Crippen LogP contribution is 2.22. The first-order chi connectivity index (χ1) is 8.15. The number of nitrogens with zero attached hydrogens (tertiary/aromatic N) is 2. The summed E-state index contributed by atoms with van der Waals surface area (Å²) in [6, 6.07) is 2.91. The maximum absolute atomic E-state index is 11.2. The number of nitro groups is 1. The quantitative estimate of drug-likeness (QED) is 0.587. The molecule has 0 fully saturated rings. The molecule has 1 rings (SSSR count). The lowest BCUT2D eigenvalue weighted by molar-refractivity contribution is -0.390. The second-order valence-corrected chi connectivity index (χ2v) is 3.22. The first-order valence-corrected chi connectivity index (χ1v) is 5.14. The Hall–Kier alpha value is -2.18. The van der Waals surface area contributed by atoms with Crippen LogP contribution in [0.1, 0.15) is 13.3 Å². The van der Waals surface area contributed by atoms with E-state index >= 15 is 0 Å². The molecule has 0 bridgehead atoms. The van der Waals surface area contributed by atoms with Crippen LogP contribution in [0.15, 0.2) is 18.3 Å². The first kappa shape index (κ1) is 12.9. The largest absolute Gasteiger partial charge is 0.476 e. The molecule has 1 heterocycles. The van der Waals surface area contributed by atoms with E-state index in [2.05, 4.69) is 10.3 Å². The molecule has 1 N–H and O–H groups in total.